The minimum Gasteiger partial charge on any atom is -0.480 e. The van der Waals surface area contributed by atoms with E-state index in [1.807, 2.05) is 26.0 Å². The topological polar surface area (TPSA) is 83.2 Å². The lowest BCUT2D eigenvalue weighted by atomic mass is 10.1. The lowest BCUT2D eigenvalue weighted by Crippen LogP contribution is -2.49. The fourth-order valence-electron chi connectivity index (χ4n) is 3.22. The van der Waals surface area contributed by atoms with Crippen molar-refractivity contribution in [3.05, 3.63) is 35.1 Å². The first-order chi connectivity index (χ1) is 12.3. The molecule has 0 bridgehead atoms. The fraction of sp³-hybridized carbons (Fsp3) is 0.474. The zero-order valence-electron chi connectivity index (χ0n) is 15.3. The van der Waals surface area contributed by atoms with Gasteiger partial charge in [0.2, 0.25) is 0 Å². The molecule has 0 saturated carbocycles. The Labute approximate surface area is 152 Å². The Morgan fingerprint density at radius 3 is 2.73 bits per heavy atom. The van der Waals surface area contributed by atoms with Crippen molar-refractivity contribution in [2.45, 2.75) is 20.0 Å². The lowest BCUT2D eigenvalue weighted by Gasteiger charge is -2.34. The number of hydrogen-bond donors (Lipinski definition) is 1. The third-order valence-corrected chi connectivity index (χ3v) is 4.69. The van der Waals surface area contributed by atoms with Crippen LogP contribution < -0.4 is 0 Å². The quantitative estimate of drug-likeness (QED) is 0.877. The number of benzene rings is 1. The first-order valence-corrected chi connectivity index (χ1v) is 8.65. The second-order valence-corrected chi connectivity index (χ2v) is 6.92. The van der Waals surface area contributed by atoms with Crippen LogP contribution in [0.1, 0.15) is 21.7 Å². The Kier molecular flexibility index (Phi) is 5.29. The van der Waals surface area contributed by atoms with Crippen molar-refractivity contribution >= 4 is 22.8 Å². The molecule has 0 unspecified atom stereocenters. The van der Waals surface area contributed by atoms with E-state index in [4.69, 9.17) is 14.3 Å². The number of hydrogen-bond acceptors (Lipinski definition) is 5. The van der Waals surface area contributed by atoms with Crippen LogP contribution in [0.4, 0.5) is 0 Å². The molecule has 0 spiro atoms. The Balaban J connectivity index is 1.70. The Bertz CT molecular complexity index is 790. The maximum Gasteiger partial charge on any atom is 0.317 e. The number of carboxylic acid groups (broad SMARTS) is 1. The number of rotatable bonds is 5. The summed E-state index contributed by atoms with van der Waals surface area (Å²) in [7, 11) is 1.72. The Morgan fingerprint density at radius 1 is 1.27 bits per heavy atom. The van der Waals surface area contributed by atoms with Gasteiger partial charge in [0.15, 0.2) is 5.76 Å². The fourth-order valence-corrected chi connectivity index (χ4v) is 3.22. The number of likely N-dealkylation sites (N-methyl/N-ethyl adjacent to an activating group) is 1. The largest absolute Gasteiger partial charge is 0.480 e. The SMILES string of the molecule is Cc1cc2cc(C(=O)N3CCO[C@H](CN(C)CC(=O)O)C3)oc2cc1C. The van der Waals surface area contributed by atoms with E-state index in [0.717, 1.165) is 16.5 Å². The molecule has 2 aromatic rings. The lowest BCUT2D eigenvalue weighted by molar-refractivity contribution is -0.138. The molecule has 140 valence electrons. The van der Waals surface area contributed by atoms with Gasteiger partial charge in [0.05, 0.1) is 19.3 Å². The summed E-state index contributed by atoms with van der Waals surface area (Å²) in [5, 5.41) is 9.77. The summed E-state index contributed by atoms with van der Waals surface area (Å²) >= 11 is 0. The van der Waals surface area contributed by atoms with Crippen molar-refractivity contribution in [2.75, 3.05) is 39.8 Å². The number of aliphatic carboxylic acids is 1. The molecule has 0 radical (unpaired) electrons. The average Bonchev–Trinajstić information content (AvgIpc) is 2.96. The van der Waals surface area contributed by atoms with Gasteiger partial charge in [0.25, 0.3) is 5.91 Å². The van der Waals surface area contributed by atoms with Crippen LogP contribution in [-0.4, -0.2) is 72.7 Å². The van der Waals surface area contributed by atoms with Gasteiger partial charge in [-0.05, 0) is 50.2 Å². The number of amides is 1. The summed E-state index contributed by atoms with van der Waals surface area (Å²) < 4.78 is 11.4. The van der Waals surface area contributed by atoms with Crippen LogP contribution in [0.3, 0.4) is 0 Å². The summed E-state index contributed by atoms with van der Waals surface area (Å²) in [4.78, 5) is 27.0. The van der Waals surface area contributed by atoms with Crippen LogP contribution in [0.2, 0.25) is 0 Å². The predicted molar refractivity (Wildman–Crippen MR) is 96.5 cm³/mol. The van der Waals surface area contributed by atoms with Crippen molar-refractivity contribution in [1.29, 1.82) is 0 Å². The molecule has 7 heteroatoms. The van der Waals surface area contributed by atoms with Crippen molar-refractivity contribution < 1.29 is 23.8 Å². The van der Waals surface area contributed by atoms with Crippen molar-refractivity contribution in [3.8, 4) is 0 Å². The molecule has 1 aromatic carbocycles. The standard InChI is InChI=1S/C19H24N2O5/c1-12-6-14-8-17(26-16(14)7-13(12)2)19(24)21-4-5-25-15(10-21)9-20(3)11-18(22)23/h6-8,15H,4-5,9-11H2,1-3H3,(H,22,23)/t15-/m1/s1. The number of aryl methyl sites for hydroxylation is 2. The van der Waals surface area contributed by atoms with Crippen LogP contribution >= 0.6 is 0 Å². The van der Waals surface area contributed by atoms with Gasteiger partial charge in [0, 0.05) is 25.0 Å². The molecule has 3 rings (SSSR count). The number of carbonyl (C=O) groups excluding carboxylic acids is 1. The summed E-state index contributed by atoms with van der Waals surface area (Å²) in [5.74, 6) is -0.723. The zero-order valence-corrected chi connectivity index (χ0v) is 15.3. The minimum atomic E-state index is -0.885. The molecule has 1 amide bonds. The molecule has 7 nitrogen and oxygen atoms in total. The number of ether oxygens (including phenoxy) is 1. The molecule has 1 saturated heterocycles. The Morgan fingerprint density at radius 2 is 2.00 bits per heavy atom. The number of fused-ring (bicyclic) bond motifs is 1. The second kappa shape index (κ2) is 7.47. The highest BCUT2D eigenvalue weighted by Crippen LogP contribution is 2.24. The highest BCUT2D eigenvalue weighted by atomic mass is 16.5. The average molecular weight is 360 g/mol. The molecule has 2 heterocycles. The smallest absolute Gasteiger partial charge is 0.317 e. The molecule has 1 aliphatic heterocycles. The predicted octanol–water partition coefficient (Wildman–Crippen LogP) is 1.91. The number of carbonyl (C=O) groups is 2. The minimum absolute atomic E-state index is 0.0594. The van der Waals surface area contributed by atoms with Gasteiger partial charge >= 0.3 is 5.97 Å². The Hall–Kier alpha value is -2.38. The van der Waals surface area contributed by atoms with Crippen molar-refractivity contribution in [3.63, 3.8) is 0 Å². The van der Waals surface area contributed by atoms with Gasteiger partial charge in [-0.15, -0.1) is 0 Å². The van der Waals surface area contributed by atoms with E-state index in [2.05, 4.69) is 0 Å². The van der Waals surface area contributed by atoms with E-state index in [9.17, 15) is 9.59 Å². The van der Waals surface area contributed by atoms with Crippen LogP contribution in [0.25, 0.3) is 11.0 Å². The summed E-state index contributed by atoms with van der Waals surface area (Å²) in [6, 6.07) is 5.75. The third-order valence-electron chi connectivity index (χ3n) is 4.69. The van der Waals surface area contributed by atoms with Gasteiger partial charge in [0.1, 0.15) is 5.58 Å². The first-order valence-electron chi connectivity index (χ1n) is 8.65. The molecular formula is C19H24N2O5. The maximum atomic E-state index is 12.8. The summed E-state index contributed by atoms with van der Waals surface area (Å²) in [5.41, 5.74) is 2.99. The highest BCUT2D eigenvalue weighted by molar-refractivity contribution is 5.96. The van der Waals surface area contributed by atoms with Gasteiger partial charge in [-0.2, -0.15) is 0 Å². The van der Waals surface area contributed by atoms with E-state index in [1.54, 1.807) is 22.9 Å². The van der Waals surface area contributed by atoms with E-state index >= 15 is 0 Å². The summed E-state index contributed by atoms with van der Waals surface area (Å²) in [6.07, 6.45) is -0.217. The van der Waals surface area contributed by atoms with Crippen LogP contribution in [-0.2, 0) is 9.53 Å². The maximum absolute atomic E-state index is 12.8. The molecular weight excluding hydrogens is 336 g/mol. The van der Waals surface area contributed by atoms with Gasteiger partial charge < -0.3 is 19.2 Å². The second-order valence-electron chi connectivity index (χ2n) is 6.92. The zero-order chi connectivity index (χ0) is 18.8. The first kappa shape index (κ1) is 18.4. The molecule has 1 aliphatic rings. The van der Waals surface area contributed by atoms with Gasteiger partial charge in [-0.3, -0.25) is 14.5 Å². The molecule has 26 heavy (non-hydrogen) atoms. The van der Waals surface area contributed by atoms with Gasteiger partial charge in [-0.1, -0.05) is 0 Å². The number of morpholine rings is 1. The van der Waals surface area contributed by atoms with E-state index in [1.165, 1.54) is 0 Å². The van der Waals surface area contributed by atoms with E-state index in [0.29, 0.717) is 37.6 Å². The van der Waals surface area contributed by atoms with Crippen LogP contribution in [0.5, 0.6) is 0 Å². The summed E-state index contributed by atoms with van der Waals surface area (Å²) in [6.45, 7) is 5.77. The molecule has 0 aliphatic carbocycles. The van der Waals surface area contributed by atoms with E-state index < -0.39 is 5.97 Å². The number of furan rings is 1. The van der Waals surface area contributed by atoms with E-state index in [-0.39, 0.29) is 18.6 Å². The number of carboxylic acids is 1. The number of nitrogens with zero attached hydrogens (tertiary/aromatic N) is 2. The molecule has 1 N–H and O–H groups in total. The third kappa shape index (κ3) is 4.05. The normalized spacial score (nSPS) is 17.8. The molecule has 1 atom stereocenters. The molecule has 1 fully saturated rings. The monoisotopic (exact) mass is 360 g/mol. The van der Waals surface area contributed by atoms with Gasteiger partial charge in [-0.25, -0.2) is 0 Å². The molecule has 1 aromatic heterocycles. The van der Waals surface area contributed by atoms with Crippen LogP contribution in [0.15, 0.2) is 22.6 Å². The highest BCUT2D eigenvalue weighted by Gasteiger charge is 2.28. The van der Waals surface area contributed by atoms with Crippen molar-refractivity contribution in [1.82, 2.24) is 9.80 Å². The van der Waals surface area contributed by atoms with Crippen LogP contribution in [0, 0.1) is 13.8 Å². The van der Waals surface area contributed by atoms with Crippen molar-refractivity contribution in [2.24, 2.45) is 0 Å².